The fourth-order valence-corrected chi connectivity index (χ4v) is 1.92. The molecule has 0 atom stereocenters. The van der Waals surface area contributed by atoms with E-state index in [9.17, 15) is 0 Å². The molecule has 7 heteroatoms. The fourth-order valence-electron chi connectivity index (χ4n) is 1.92. The van der Waals surface area contributed by atoms with E-state index in [1.807, 2.05) is 6.20 Å². The molecule has 0 fully saturated rings. The Bertz CT molecular complexity index is 533. The maximum absolute atomic E-state index is 5.22. The van der Waals surface area contributed by atoms with Crippen LogP contribution in [0.4, 0.5) is 0 Å². The van der Waals surface area contributed by atoms with Crippen molar-refractivity contribution in [3.63, 3.8) is 0 Å². The summed E-state index contributed by atoms with van der Waals surface area (Å²) in [7, 11) is 0. The molecule has 0 aromatic carbocycles. The summed E-state index contributed by atoms with van der Waals surface area (Å²) < 4.78 is 6.95. The van der Waals surface area contributed by atoms with Gasteiger partial charge in [-0.25, -0.2) is 4.68 Å². The topological polar surface area (TPSA) is 81.7 Å². The standard InChI is InChI=1S/C14H24N6O/c1-4-5-6-13-16-14(21-18-13)10-20-9-12(17-19-20)8-15-7-11(2)3/h9,11,15H,4-8,10H2,1-3H3. The predicted octanol–water partition coefficient (Wildman–Crippen LogP) is 1.80. The summed E-state index contributed by atoms with van der Waals surface area (Å²) in [6.45, 7) is 8.66. The van der Waals surface area contributed by atoms with Gasteiger partial charge in [0.05, 0.1) is 11.9 Å². The van der Waals surface area contributed by atoms with E-state index in [1.165, 1.54) is 0 Å². The van der Waals surface area contributed by atoms with E-state index in [1.54, 1.807) is 4.68 Å². The average Bonchev–Trinajstić information content (AvgIpc) is 3.06. The molecule has 7 nitrogen and oxygen atoms in total. The molecule has 0 unspecified atom stereocenters. The molecule has 0 aliphatic rings. The maximum Gasteiger partial charge on any atom is 0.248 e. The van der Waals surface area contributed by atoms with E-state index in [4.69, 9.17) is 4.52 Å². The lowest BCUT2D eigenvalue weighted by molar-refractivity contribution is 0.359. The second kappa shape index (κ2) is 7.87. The smallest absolute Gasteiger partial charge is 0.248 e. The minimum Gasteiger partial charge on any atom is -0.337 e. The van der Waals surface area contributed by atoms with Crippen LogP contribution in [0.1, 0.15) is 51.0 Å². The summed E-state index contributed by atoms with van der Waals surface area (Å²) in [6.07, 6.45) is 4.97. The predicted molar refractivity (Wildman–Crippen MR) is 78.6 cm³/mol. The van der Waals surface area contributed by atoms with Crippen molar-refractivity contribution in [2.24, 2.45) is 5.92 Å². The van der Waals surface area contributed by atoms with Crippen molar-refractivity contribution in [1.29, 1.82) is 0 Å². The van der Waals surface area contributed by atoms with Crippen molar-refractivity contribution in [1.82, 2.24) is 30.5 Å². The van der Waals surface area contributed by atoms with Crippen molar-refractivity contribution >= 4 is 0 Å². The number of aromatic nitrogens is 5. The van der Waals surface area contributed by atoms with Crippen LogP contribution in [0.15, 0.2) is 10.7 Å². The third-order valence-corrected chi connectivity index (χ3v) is 3.01. The van der Waals surface area contributed by atoms with Gasteiger partial charge in [-0.2, -0.15) is 4.98 Å². The van der Waals surface area contributed by atoms with Crippen LogP contribution in [0.3, 0.4) is 0 Å². The van der Waals surface area contributed by atoms with Crippen molar-refractivity contribution in [2.45, 2.75) is 53.1 Å². The third-order valence-electron chi connectivity index (χ3n) is 3.01. The van der Waals surface area contributed by atoms with Crippen molar-refractivity contribution in [2.75, 3.05) is 6.54 Å². The molecule has 116 valence electrons. The average molecular weight is 292 g/mol. The second-order valence-electron chi connectivity index (χ2n) is 5.64. The summed E-state index contributed by atoms with van der Waals surface area (Å²) in [5.74, 6) is 1.97. The highest BCUT2D eigenvalue weighted by Crippen LogP contribution is 2.04. The molecule has 0 saturated heterocycles. The number of hydrogen-bond donors (Lipinski definition) is 1. The Morgan fingerprint density at radius 3 is 3.00 bits per heavy atom. The molecule has 21 heavy (non-hydrogen) atoms. The molecule has 0 aliphatic heterocycles. The molecule has 2 heterocycles. The van der Waals surface area contributed by atoms with Gasteiger partial charge in [-0.3, -0.25) is 0 Å². The first-order chi connectivity index (χ1) is 10.2. The molecule has 2 rings (SSSR count). The fraction of sp³-hybridized carbons (Fsp3) is 0.714. The molecule has 2 aromatic heterocycles. The summed E-state index contributed by atoms with van der Waals surface area (Å²) >= 11 is 0. The first-order valence-electron chi connectivity index (χ1n) is 7.58. The molecule has 0 amide bonds. The Morgan fingerprint density at radius 2 is 2.24 bits per heavy atom. The minimum atomic E-state index is 0.469. The number of unbranched alkanes of at least 4 members (excludes halogenated alkanes) is 1. The van der Waals surface area contributed by atoms with E-state index in [0.29, 0.717) is 18.4 Å². The molecule has 0 bridgehead atoms. The Kier molecular flexibility index (Phi) is 5.86. The van der Waals surface area contributed by atoms with E-state index in [-0.39, 0.29) is 0 Å². The SMILES string of the molecule is CCCCc1noc(Cn2cc(CNCC(C)C)nn2)n1. The van der Waals surface area contributed by atoms with Gasteiger partial charge in [-0.1, -0.05) is 37.6 Å². The van der Waals surface area contributed by atoms with Crippen LogP contribution < -0.4 is 5.32 Å². The van der Waals surface area contributed by atoms with Gasteiger partial charge in [0, 0.05) is 13.0 Å². The molecule has 0 aliphatic carbocycles. The van der Waals surface area contributed by atoms with Crippen molar-refractivity contribution in [3.05, 3.63) is 23.6 Å². The Balaban J connectivity index is 1.82. The zero-order valence-corrected chi connectivity index (χ0v) is 13.0. The van der Waals surface area contributed by atoms with E-state index in [2.05, 4.69) is 46.5 Å². The lowest BCUT2D eigenvalue weighted by Crippen LogP contribution is -2.19. The van der Waals surface area contributed by atoms with Gasteiger partial charge in [0.2, 0.25) is 5.89 Å². The number of nitrogens with one attached hydrogen (secondary N) is 1. The maximum atomic E-state index is 5.22. The quantitative estimate of drug-likeness (QED) is 0.759. The van der Waals surface area contributed by atoms with Gasteiger partial charge in [0.1, 0.15) is 6.54 Å². The normalized spacial score (nSPS) is 11.4. The molecule has 0 saturated carbocycles. The Labute approximate surface area is 125 Å². The van der Waals surface area contributed by atoms with Gasteiger partial charge < -0.3 is 9.84 Å². The molecular formula is C14H24N6O. The molecule has 1 N–H and O–H groups in total. The molecule has 2 aromatic rings. The lowest BCUT2D eigenvalue weighted by atomic mass is 10.2. The molecular weight excluding hydrogens is 268 g/mol. The van der Waals surface area contributed by atoms with Gasteiger partial charge in [0.25, 0.3) is 0 Å². The van der Waals surface area contributed by atoms with Gasteiger partial charge in [-0.15, -0.1) is 5.10 Å². The Morgan fingerprint density at radius 1 is 1.38 bits per heavy atom. The van der Waals surface area contributed by atoms with Crippen LogP contribution in [0.2, 0.25) is 0 Å². The summed E-state index contributed by atoms with van der Waals surface area (Å²) in [5, 5.41) is 15.5. The summed E-state index contributed by atoms with van der Waals surface area (Å²) in [5.41, 5.74) is 0.918. The highest BCUT2D eigenvalue weighted by molar-refractivity contribution is 4.94. The second-order valence-corrected chi connectivity index (χ2v) is 5.64. The largest absolute Gasteiger partial charge is 0.337 e. The zero-order chi connectivity index (χ0) is 15.1. The lowest BCUT2D eigenvalue weighted by Gasteiger charge is -2.04. The van der Waals surface area contributed by atoms with Crippen molar-refractivity contribution in [3.8, 4) is 0 Å². The zero-order valence-electron chi connectivity index (χ0n) is 13.0. The highest BCUT2D eigenvalue weighted by Gasteiger charge is 2.08. The first kappa shape index (κ1) is 15.6. The van der Waals surface area contributed by atoms with Crippen LogP contribution in [0.5, 0.6) is 0 Å². The number of hydrogen-bond acceptors (Lipinski definition) is 6. The highest BCUT2D eigenvalue weighted by atomic mass is 16.5. The summed E-state index contributed by atoms with van der Waals surface area (Å²) in [4.78, 5) is 4.36. The van der Waals surface area contributed by atoms with E-state index < -0.39 is 0 Å². The number of rotatable bonds is 9. The number of aryl methyl sites for hydroxylation is 1. The van der Waals surface area contributed by atoms with Crippen molar-refractivity contribution < 1.29 is 4.52 Å². The number of nitrogens with zero attached hydrogens (tertiary/aromatic N) is 5. The molecule has 0 spiro atoms. The van der Waals surface area contributed by atoms with Crippen LogP contribution in [0.25, 0.3) is 0 Å². The van der Waals surface area contributed by atoms with Gasteiger partial charge in [0.15, 0.2) is 5.82 Å². The Hall–Kier alpha value is -1.76. The van der Waals surface area contributed by atoms with Crippen LogP contribution >= 0.6 is 0 Å². The monoisotopic (exact) mass is 292 g/mol. The minimum absolute atomic E-state index is 0.469. The summed E-state index contributed by atoms with van der Waals surface area (Å²) in [6, 6.07) is 0. The third kappa shape index (κ3) is 5.26. The van der Waals surface area contributed by atoms with Crippen LogP contribution in [0, 0.1) is 5.92 Å². The first-order valence-corrected chi connectivity index (χ1v) is 7.58. The van der Waals surface area contributed by atoms with Gasteiger partial charge in [-0.05, 0) is 18.9 Å². The van der Waals surface area contributed by atoms with Crippen LogP contribution in [-0.2, 0) is 19.5 Å². The van der Waals surface area contributed by atoms with E-state index >= 15 is 0 Å². The van der Waals surface area contributed by atoms with Gasteiger partial charge >= 0.3 is 0 Å². The molecule has 0 radical (unpaired) electrons. The van der Waals surface area contributed by atoms with E-state index in [0.717, 1.165) is 43.9 Å². The van der Waals surface area contributed by atoms with Crippen LogP contribution in [-0.4, -0.2) is 31.7 Å².